The summed E-state index contributed by atoms with van der Waals surface area (Å²) in [7, 11) is 1.62. The minimum absolute atomic E-state index is 0.0287. The molecule has 8 nitrogen and oxygen atoms in total. The Balaban J connectivity index is 1.28. The molecular weight excluding hydrogens is 428 g/mol. The van der Waals surface area contributed by atoms with Crippen molar-refractivity contribution in [3.63, 3.8) is 0 Å². The van der Waals surface area contributed by atoms with Crippen molar-refractivity contribution in [2.24, 2.45) is 5.92 Å². The summed E-state index contributed by atoms with van der Waals surface area (Å²) in [6, 6.07) is 13.4. The summed E-state index contributed by atoms with van der Waals surface area (Å²) < 4.78 is 5.15. The normalized spacial score (nSPS) is 17.2. The summed E-state index contributed by atoms with van der Waals surface area (Å²) in [6.07, 6.45) is 2.38. The van der Waals surface area contributed by atoms with Crippen LogP contribution in [-0.2, 0) is 4.79 Å². The van der Waals surface area contributed by atoms with Crippen molar-refractivity contribution >= 4 is 45.7 Å². The van der Waals surface area contributed by atoms with Gasteiger partial charge in [0.25, 0.3) is 0 Å². The van der Waals surface area contributed by atoms with Crippen LogP contribution in [0, 0.1) is 12.8 Å². The van der Waals surface area contributed by atoms with Gasteiger partial charge in [-0.05, 0) is 61.2 Å². The zero-order valence-electron chi connectivity index (χ0n) is 17.5. The Hall–Kier alpha value is -3.65. The number of carbonyl (C=O) groups excluding carboxylic acids is 1. The van der Waals surface area contributed by atoms with Gasteiger partial charge in [0.05, 0.1) is 18.8 Å². The molecule has 162 valence electrons. The largest absolute Gasteiger partial charge is 0.497 e. The molecule has 5 rings (SSSR count). The average Bonchev–Trinajstić information content (AvgIpc) is 3.52. The van der Waals surface area contributed by atoms with E-state index in [0.717, 1.165) is 34.3 Å². The number of aromatic amines is 1. The van der Waals surface area contributed by atoms with Gasteiger partial charge in [0.2, 0.25) is 5.91 Å². The molecule has 0 saturated heterocycles. The number of nitrogens with one attached hydrogen (secondary N) is 3. The number of aryl methyl sites for hydroxylation is 1. The summed E-state index contributed by atoms with van der Waals surface area (Å²) in [5.74, 6) is 2.69. The van der Waals surface area contributed by atoms with Crippen molar-refractivity contribution in [1.82, 2.24) is 20.2 Å². The number of amides is 1. The molecule has 1 saturated carbocycles. The first-order chi connectivity index (χ1) is 15.5. The summed E-state index contributed by atoms with van der Waals surface area (Å²) in [6.45, 7) is 1.80. The van der Waals surface area contributed by atoms with Crippen LogP contribution in [0.15, 0.2) is 48.7 Å². The zero-order chi connectivity index (χ0) is 22.2. The Kier molecular flexibility index (Phi) is 5.14. The molecule has 1 fully saturated rings. The van der Waals surface area contributed by atoms with Gasteiger partial charge in [-0.1, -0.05) is 17.7 Å². The molecule has 1 aliphatic rings. The van der Waals surface area contributed by atoms with E-state index in [1.807, 2.05) is 42.5 Å². The van der Waals surface area contributed by atoms with E-state index < -0.39 is 0 Å². The van der Waals surface area contributed by atoms with Crippen LogP contribution in [0.25, 0.3) is 10.9 Å². The third-order valence-electron chi connectivity index (χ3n) is 5.60. The first kappa shape index (κ1) is 20.3. The van der Waals surface area contributed by atoms with E-state index >= 15 is 0 Å². The average molecular weight is 449 g/mol. The second-order valence-corrected chi connectivity index (χ2v) is 8.19. The van der Waals surface area contributed by atoms with Gasteiger partial charge < -0.3 is 15.4 Å². The summed E-state index contributed by atoms with van der Waals surface area (Å²) >= 11 is 6.19. The fraction of sp³-hybridized carbons (Fsp3) is 0.217. The number of methoxy groups -OCH3 is 1. The number of ether oxygens (including phenoxy) is 1. The highest BCUT2D eigenvalue weighted by Gasteiger charge is 2.44. The molecule has 3 N–H and O–H groups in total. The first-order valence-electron chi connectivity index (χ1n) is 10.2. The van der Waals surface area contributed by atoms with Crippen molar-refractivity contribution in [2.75, 3.05) is 17.7 Å². The van der Waals surface area contributed by atoms with E-state index in [4.69, 9.17) is 16.3 Å². The second kappa shape index (κ2) is 8.12. The standard InChI is InChI=1S/C23H21ClN6O2/c1-12-25-11-19(24)22(26-12)28-21-16-8-3-13(9-20(16)29-30-21)17-10-18(17)23(31)27-14-4-6-15(32-2)7-5-14/h3-9,11,17-18H,10H2,1-2H3,(H,27,31)(H2,25,26,28,29,30)/t17-,18?/m0/s1. The fourth-order valence-electron chi connectivity index (χ4n) is 3.78. The highest BCUT2D eigenvalue weighted by atomic mass is 35.5. The molecule has 0 bridgehead atoms. The van der Waals surface area contributed by atoms with Crippen molar-refractivity contribution in [3.05, 3.63) is 65.1 Å². The maximum atomic E-state index is 12.6. The number of fused-ring (bicyclic) bond motifs is 1. The predicted molar refractivity (Wildman–Crippen MR) is 124 cm³/mol. The van der Waals surface area contributed by atoms with Gasteiger partial charge in [0.1, 0.15) is 16.6 Å². The van der Waals surface area contributed by atoms with Gasteiger partial charge >= 0.3 is 0 Å². The van der Waals surface area contributed by atoms with E-state index in [1.165, 1.54) is 0 Å². The SMILES string of the molecule is COc1ccc(NC(=O)C2C[C@H]2c2ccc3c(Nc4nc(C)ncc4Cl)n[nH]c3c2)cc1. The van der Waals surface area contributed by atoms with Crippen molar-refractivity contribution < 1.29 is 9.53 Å². The smallest absolute Gasteiger partial charge is 0.228 e. The lowest BCUT2D eigenvalue weighted by Gasteiger charge is -2.07. The van der Waals surface area contributed by atoms with Crippen LogP contribution in [0.4, 0.5) is 17.3 Å². The fourth-order valence-corrected chi connectivity index (χ4v) is 3.92. The third-order valence-corrected chi connectivity index (χ3v) is 5.88. The summed E-state index contributed by atoms with van der Waals surface area (Å²) in [5.41, 5.74) is 2.76. The molecule has 2 aromatic carbocycles. The molecule has 1 unspecified atom stereocenters. The Morgan fingerprint density at radius 3 is 2.78 bits per heavy atom. The molecule has 1 amide bonds. The van der Waals surface area contributed by atoms with E-state index in [0.29, 0.717) is 22.5 Å². The van der Waals surface area contributed by atoms with Crippen LogP contribution in [-0.4, -0.2) is 33.2 Å². The van der Waals surface area contributed by atoms with E-state index in [2.05, 4.69) is 30.8 Å². The zero-order valence-corrected chi connectivity index (χ0v) is 18.3. The topological polar surface area (TPSA) is 105 Å². The van der Waals surface area contributed by atoms with E-state index in [1.54, 1.807) is 20.2 Å². The van der Waals surface area contributed by atoms with Gasteiger partial charge in [0.15, 0.2) is 11.6 Å². The van der Waals surface area contributed by atoms with Crippen LogP contribution >= 0.6 is 11.6 Å². The van der Waals surface area contributed by atoms with Crippen molar-refractivity contribution in [2.45, 2.75) is 19.3 Å². The highest BCUT2D eigenvalue weighted by Crippen LogP contribution is 2.48. The second-order valence-electron chi connectivity index (χ2n) is 7.78. The minimum atomic E-state index is -0.0436. The van der Waals surface area contributed by atoms with Crippen LogP contribution in [0.1, 0.15) is 23.7 Å². The van der Waals surface area contributed by atoms with E-state index in [-0.39, 0.29) is 17.7 Å². The molecule has 32 heavy (non-hydrogen) atoms. The molecule has 2 aromatic heterocycles. The lowest BCUT2D eigenvalue weighted by atomic mass is 10.1. The number of rotatable bonds is 6. The van der Waals surface area contributed by atoms with Crippen molar-refractivity contribution in [1.29, 1.82) is 0 Å². The molecule has 0 spiro atoms. The van der Waals surface area contributed by atoms with Crippen LogP contribution in [0.2, 0.25) is 5.02 Å². The molecule has 2 atom stereocenters. The Morgan fingerprint density at radius 1 is 1.19 bits per heavy atom. The molecule has 4 aromatic rings. The lowest BCUT2D eigenvalue weighted by molar-refractivity contribution is -0.117. The monoisotopic (exact) mass is 448 g/mol. The predicted octanol–water partition coefficient (Wildman–Crippen LogP) is 4.81. The number of hydrogen-bond donors (Lipinski definition) is 3. The number of benzene rings is 2. The molecule has 2 heterocycles. The molecule has 9 heteroatoms. The van der Waals surface area contributed by atoms with Crippen molar-refractivity contribution in [3.8, 4) is 5.75 Å². The van der Waals surface area contributed by atoms with Crippen LogP contribution < -0.4 is 15.4 Å². The Bertz CT molecular complexity index is 1300. The maximum absolute atomic E-state index is 12.6. The number of hydrogen-bond acceptors (Lipinski definition) is 6. The minimum Gasteiger partial charge on any atom is -0.497 e. The maximum Gasteiger partial charge on any atom is 0.228 e. The molecule has 0 aliphatic heterocycles. The number of carbonyl (C=O) groups is 1. The van der Waals surface area contributed by atoms with Gasteiger partial charge in [-0.15, -0.1) is 0 Å². The number of nitrogens with zero attached hydrogens (tertiary/aromatic N) is 3. The Labute approximate surface area is 189 Å². The number of halogens is 1. The molecule has 0 radical (unpaired) electrons. The highest BCUT2D eigenvalue weighted by molar-refractivity contribution is 6.32. The lowest BCUT2D eigenvalue weighted by Crippen LogP contribution is -2.14. The van der Waals surface area contributed by atoms with Gasteiger partial charge in [-0.3, -0.25) is 9.89 Å². The first-order valence-corrected chi connectivity index (χ1v) is 10.6. The Morgan fingerprint density at radius 2 is 2.00 bits per heavy atom. The van der Waals surface area contributed by atoms with E-state index in [9.17, 15) is 4.79 Å². The third kappa shape index (κ3) is 3.97. The molecular formula is C23H21ClN6O2. The summed E-state index contributed by atoms with van der Waals surface area (Å²) in [4.78, 5) is 21.0. The van der Waals surface area contributed by atoms with Gasteiger partial charge in [0, 0.05) is 17.0 Å². The van der Waals surface area contributed by atoms with Gasteiger partial charge in [-0.2, -0.15) is 5.10 Å². The van der Waals surface area contributed by atoms with Crippen LogP contribution in [0.3, 0.4) is 0 Å². The molecule has 1 aliphatic carbocycles. The number of aromatic nitrogens is 4. The number of anilines is 3. The number of H-pyrrole nitrogens is 1. The van der Waals surface area contributed by atoms with Gasteiger partial charge in [-0.25, -0.2) is 9.97 Å². The summed E-state index contributed by atoms with van der Waals surface area (Å²) in [5, 5.41) is 14.9. The quantitative estimate of drug-likeness (QED) is 0.391. The van der Waals surface area contributed by atoms with Crippen LogP contribution in [0.5, 0.6) is 5.75 Å².